The maximum Gasteiger partial charge on any atom is 0.338 e. The van der Waals surface area contributed by atoms with Crippen molar-refractivity contribution in [2.75, 3.05) is 52.0 Å². The number of carbonyl (C=O) groups is 3. The number of nitrogens with one attached hydrogen (secondary N) is 1. The second-order valence-corrected chi connectivity index (χ2v) is 14.5. The number of rotatable bonds is 26. The van der Waals surface area contributed by atoms with Crippen molar-refractivity contribution < 1.29 is 33.3 Å². The number of hydrogen-bond donors (Lipinski definition) is 1. The topological polar surface area (TPSA) is 103 Å². The lowest BCUT2D eigenvalue weighted by Gasteiger charge is -2.24. The predicted molar refractivity (Wildman–Crippen MR) is 240 cm³/mol. The first-order valence-electron chi connectivity index (χ1n) is 20.9. The number of esters is 2. The molecule has 9 heteroatoms. The van der Waals surface area contributed by atoms with Crippen molar-refractivity contribution in [3.05, 3.63) is 124 Å². The van der Waals surface area contributed by atoms with Gasteiger partial charge in [0.25, 0.3) is 0 Å². The zero-order valence-electron chi connectivity index (χ0n) is 35.6. The third-order valence-electron chi connectivity index (χ3n) is 9.95. The van der Waals surface area contributed by atoms with Crippen molar-refractivity contribution in [3.63, 3.8) is 0 Å². The third kappa shape index (κ3) is 15.9. The molecule has 0 atom stereocenters. The molecule has 0 heterocycles. The van der Waals surface area contributed by atoms with E-state index in [1.165, 1.54) is 56.0 Å². The summed E-state index contributed by atoms with van der Waals surface area (Å²) in [6, 6.07) is 27.5. The Morgan fingerprint density at radius 2 is 1.17 bits per heavy atom. The second kappa shape index (κ2) is 25.6. The zero-order valence-corrected chi connectivity index (χ0v) is 35.6. The Kier molecular flexibility index (Phi) is 20.0. The van der Waals surface area contributed by atoms with Gasteiger partial charge >= 0.3 is 11.9 Å². The smallest absolute Gasteiger partial charge is 0.338 e. The van der Waals surface area contributed by atoms with Gasteiger partial charge in [0.15, 0.2) is 12.4 Å². The normalized spacial score (nSPS) is 11.2. The molecule has 0 unspecified atom stereocenters. The molecular formula is C50H62N2O7. The van der Waals surface area contributed by atoms with E-state index in [9.17, 15) is 14.4 Å². The van der Waals surface area contributed by atoms with E-state index in [0.29, 0.717) is 17.7 Å². The molecule has 59 heavy (non-hydrogen) atoms. The van der Waals surface area contributed by atoms with Crippen molar-refractivity contribution in [1.82, 2.24) is 5.32 Å². The fraction of sp³-hybridized carbons (Fsp3) is 0.380. The minimum atomic E-state index is -0.517. The Morgan fingerprint density at radius 3 is 1.71 bits per heavy atom. The molecule has 9 nitrogen and oxygen atoms in total. The fourth-order valence-corrected chi connectivity index (χ4v) is 6.42. The molecule has 0 aliphatic carbocycles. The maximum atomic E-state index is 12.3. The molecule has 0 saturated carbocycles. The molecule has 4 aromatic carbocycles. The van der Waals surface area contributed by atoms with Crippen molar-refractivity contribution in [2.45, 2.75) is 78.7 Å². The summed E-state index contributed by atoms with van der Waals surface area (Å²) in [6.45, 7) is 9.64. The van der Waals surface area contributed by atoms with E-state index in [0.717, 1.165) is 85.6 Å². The largest absolute Gasteiger partial charge is 0.496 e. The highest BCUT2D eigenvalue weighted by Gasteiger charge is 2.12. The Morgan fingerprint density at radius 1 is 0.627 bits per heavy atom. The first-order valence-corrected chi connectivity index (χ1v) is 20.9. The molecule has 0 radical (unpaired) electrons. The van der Waals surface area contributed by atoms with Gasteiger partial charge in [-0.3, -0.25) is 9.59 Å². The third-order valence-corrected chi connectivity index (χ3v) is 9.95. The molecule has 0 fully saturated rings. The molecule has 0 aromatic heterocycles. The number of unbranched alkanes of at least 4 members (excludes halogenated alkanes) is 5. The van der Waals surface area contributed by atoms with Crippen molar-refractivity contribution in [3.8, 4) is 11.5 Å². The number of nitrogens with zero attached hydrogens (tertiary/aromatic N) is 1. The Bertz CT molecular complexity index is 1940. The SMILES string of the molecule is CCCCN(CCCC)c1ccc(C=Cc2cc(OC)c(C=Cc3ccc(CNCCCCCCOC(=O)c4ccc(C(=O)COC(C)=O)cc4)cc3)cc2OC)cc1. The van der Waals surface area contributed by atoms with Crippen LogP contribution in [0.1, 0.15) is 121 Å². The number of benzene rings is 4. The molecule has 0 spiro atoms. The van der Waals surface area contributed by atoms with Gasteiger partial charge in [0.05, 0.1) is 26.4 Å². The van der Waals surface area contributed by atoms with E-state index in [-0.39, 0.29) is 12.4 Å². The summed E-state index contributed by atoms with van der Waals surface area (Å²) in [5, 5.41) is 3.52. The summed E-state index contributed by atoms with van der Waals surface area (Å²) in [6.07, 6.45) is 16.9. The van der Waals surface area contributed by atoms with Gasteiger partial charge in [0, 0.05) is 48.9 Å². The minimum Gasteiger partial charge on any atom is -0.496 e. The first-order chi connectivity index (χ1) is 28.7. The van der Waals surface area contributed by atoms with Gasteiger partial charge in [-0.25, -0.2) is 4.79 Å². The Labute approximate surface area is 351 Å². The molecule has 0 saturated heterocycles. The number of ether oxygens (including phenoxy) is 4. The highest BCUT2D eigenvalue weighted by Crippen LogP contribution is 2.32. The van der Waals surface area contributed by atoms with Gasteiger partial charge in [-0.1, -0.05) is 112 Å². The summed E-state index contributed by atoms with van der Waals surface area (Å²) < 4.78 is 21.7. The van der Waals surface area contributed by atoms with Crippen LogP contribution in [0.2, 0.25) is 0 Å². The molecule has 4 rings (SSSR count). The van der Waals surface area contributed by atoms with Crippen LogP contribution in [-0.2, 0) is 20.8 Å². The molecule has 1 N–H and O–H groups in total. The van der Waals surface area contributed by atoms with Crippen LogP contribution in [0.4, 0.5) is 5.69 Å². The van der Waals surface area contributed by atoms with E-state index in [1.54, 1.807) is 26.4 Å². The van der Waals surface area contributed by atoms with Gasteiger partial charge in [0.2, 0.25) is 0 Å². The van der Waals surface area contributed by atoms with Crippen LogP contribution in [0.3, 0.4) is 0 Å². The van der Waals surface area contributed by atoms with Crippen LogP contribution < -0.4 is 19.7 Å². The van der Waals surface area contributed by atoms with Crippen LogP contribution in [0.15, 0.2) is 84.9 Å². The Hall–Kier alpha value is -5.67. The van der Waals surface area contributed by atoms with Crippen LogP contribution in [0, 0.1) is 0 Å². The van der Waals surface area contributed by atoms with Crippen LogP contribution in [0.25, 0.3) is 24.3 Å². The maximum absolute atomic E-state index is 12.3. The van der Waals surface area contributed by atoms with Crippen molar-refractivity contribution in [2.24, 2.45) is 0 Å². The summed E-state index contributed by atoms with van der Waals surface area (Å²) >= 11 is 0. The number of ketones is 1. The van der Waals surface area contributed by atoms with Crippen LogP contribution in [0.5, 0.6) is 11.5 Å². The van der Waals surface area contributed by atoms with Gasteiger partial charge < -0.3 is 29.2 Å². The predicted octanol–water partition coefficient (Wildman–Crippen LogP) is 10.7. The summed E-state index contributed by atoms with van der Waals surface area (Å²) in [5.74, 6) is 0.290. The van der Waals surface area contributed by atoms with Gasteiger partial charge in [-0.2, -0.15) is 0 Å². The van der Waals surface area contributed by atoms with Gasteiger partial charge in [-0.15, -0.1) is 0 Å². The summed E-state index contributed by atoms with van der Waals surface area (Å²) in [5.41, 5.74) is 7.36. The zero-order chi connectivity index (χ0) is 42.2. The number of Topliss-reactive ketones (excluding diaryl/α,β-unsaturated/α-hetero) is 1. The van der Waals surface area contributed by atoms with E-state index in [1.807, 2.05) is 12.1 Å². The molecule has 0 bridgehead atoms. The van der Waals surface area contributed by atoms with E-state index >= 15 is 0 Å². The van der Waals surface area contributed by atoms with Gasteiger partial charge in [-0.05, 0) is 85.3 Å². The average molecular weight is 803 g/mol. The first kappa shape index (κ1) is 46.0. The quantitative estimate of drug-likeness (QED) is 0.0288. The second-order valence-electron chi connectivity index (χ2n) is 14.5. The highest BCUT2D eigenvalue weighted by molar-refractivity contribution is 5.99. The van der Waals surface area contributed by atoms with E-state index in [2.05, 4.69) is 96.9 Å². The lowest BCUT2D eigenvalue weighted by atomic mass is 10.0. The number of hydrogen-bond acceptors (Lipinski definition) is 9. The summed E-state index contributed by atoms with van der Waals surface area (Å²) in [7, 11) is 3.39. The van der Waals surface area contributed by atoms with E-state index in [4.69, 9.17) is 18.9 Å². The van der Waals surface area contributed by atoms with Crippen LogP contribution >= 0.6 is 0 Å². The lowest BCUT2D eigenvalue weighted by Crippen LogP contribution is -2.25. The number of anilines is 1. The monoisotopic (exact) mass is 802 g/mol. The number of carbonyl (C=O) groups excluding carboxylic acids is 3. The molecule has 0 aliphatic heterocycles. The minimum absolute atomic E-state index is 0.321. The molecular weight excluding hydrogens is 741 g/mol. The lowest BCUT2D eigenvalue weighted by molar-refractivity contribution is -0.139. The fourth-order valence-electron chi connectivity index (χ4n) is 6.42. The van der Waals surface area contributed by atoms with Gasteiger partial charge in [0.1, 0.15) is 11.5 Å². The standard InChI is InChI=1S/C50H62N2O7/c1-6-8-31-52(32-9-7-2)46-28-20-40(21-29-46)19-23-45-35-48(56-4)44(34-49(45)57-5)22-18-39-14-16-41(17-15-39)36-51-30-12-10-11-13-33-58-50(55)43-26-24-42(25-27-43)47(54)37-59-38(3)53/h14-29,34-35,51H,6-13,30-33,36-37H2,1-5H3. The van der Waals surface area contributed by atoms with Crippen molar-refractivity contribution in [1.29, 1.82) is 0 Å². The highest BCUT2D eigenvalue weighted by atomic mass is 16.5. The number of methoxy groups -OCH3 is 2. The average Bonchev–Trinajstić information content (AvgIpc) is 3.26. The Balaban J connectivity index is 1.17. The van der Waals surface area contributed by atoms with Crippen molar-refractivity contribution >= 4 is 47.7 Å². The van der Waals surface area contributed by atoms with E-state index < -0.39 is 11.9 Å². The molecule has 314 valence electrons. The summed E-state index contributed by atoms with van der Waals surface area (Å²) in [4.78, 5) is 37.8. The molecule has 0 amide bonds. The van der Waals surface area contributed by atoms with Crippen LogP contribution in [-0.4, -0.2) is 64.8 Å². The molecule has 4 aromatic rings. The molecule has 0 aliphatic rings.